The number of nitrogens with zero attached hydrogens (tertiary/aromatic N) is 3. The molecular weight excluding hydrogens is 443 g/mol. The van der Waals surface area contributed by atoms with Gasteiger partial charge in [0.05, 0.1) is 30.7 Å². The number of hydrogen-bond acceptors (Lipinski definition) is 7. The highest BCUT2D eigenvalue weighted by Crippen LogP contribution is 2.33. The molecule has 1 aliphatic heterocycles. The topological polar surface area (TPSA) is 120 Å². The Labute approximate surface area is 197 Å². The van der Waals surface area contributed by atoms with Gasteiger partial charge in [-0.1, -0.05) is 6.07 Å². The largest absolute Gasteiger partial charge is 0.488 e. The number of ether oxygens (including phenoxy) is 3. The van der Waals surface area contributed by atoms with Gasteiger partial charge in [-0.15, -0.1) is 0 Å². The van der Waals surface area contributed by atoms with Crippen molar-refractivity contribution in [2.24, 2.45) is 5.92 Å². The van der Waals surface area contributed by atoms with E-state index in [0.717, 1.165) is 0 Å². The molecule has 1 amide bonds. The van der Waals surface area contributed by atoms with Crippen LogP contribution in [0.4, 0.5) is 14.9 Å². The monoisotopic (exact) mass is 472 g/mol. The van der Waals surface area contributed by atoms with Crippen molar-refractivity contribution in [3.8, 4) is 17.5 Å². The average Bonchev–Trinajstić information content (AvgIpc) is 3.12. The Balaban J connectivity index is 1.76. The van der Waals surface area contributed by atoms with Gasteiger partial charge in [0, 0.05) is 19.3 Å². The Morgan fingerprint density at radius 2 is 1.94 bits per heavy atom. The number of likely N-dealkylation sites (tertiary alicyclic amines) is 1. The van der Waals surface area contributed by atoms with Crippen LogP contribution in [-0.2, 0) is 9.47 Å². The van der Waals surface area contributed by atoms with E-state index in [4.69, 9.17) is 19.9 Å². The van der Waals surface area contributed by atoms with E-state index in [1.807, 2.05) is 26.8 Å². The summed E-state index contributed by atoms with van der Waals surface area (Å²) >= 11 is 0. The number of aromatic nitrogens is 1. The van der Waals surface area contributed by atoms with Crippen molar-refractivity contribution in [1.29, 1.82) is 5.26 Å². The average molecular weight is 473 g/mol. The fraction of sp³-hybridized carbons (Fsp3) is 0.458. The lowest BCUT2D eigenvalue weighted by Gasteiger charge is -2.33. The first-order chi connectivity index (χ1) is 16.1. The smallest absolute Gasteiger partial charge is 0.410 e. The first-order valence-electron chi connectivity index (χ1n) is 10.9. The number of rotatable bonds is 5. The molecule has 182 valence electrons. The summed E-state index contributed by atoms with van der Waals surface area (Å²) in [5, 5.41) is 9.34. The molecule has 1 fully saturated rings. The molecule has 1 aromatic carbocycles. The van der Waals surface area contributed by atoms with Gasteiger partial charge in [0.1, 0.15) is 11.7 Å². The van der Waals surface area contributed by atoms with Crippen LogP contribution < -0.4 is 10.5 Å². The van der Waals surface area contributed by atoms with Crippen molar-refractivity contribution >= 4 is 17.7 Å². The second-order valence-electron chi connectivity index (χ2n) is 9.09. The molecule has 1 saturated heterocycles. The van der Waals surface area contributed by atoms with Crippen molar-refractivity contribution in [3.63, 3.8) is 0 Å². The van der Waals surface area contributed by atoms with Gasteiger partial charge in [-0.25, -0.2) is 14.0 Å². The Morgan fingerprint density at radius 3 is 2.53 bits per heavy atom. The highest BCUT2D eigenvalue weighted by atomic mass is 19.1. The predicted octanol–water partition coefficient (Wildman–Crippen LogP) is 3.88. The van der Waals surface area contributed by atoms with Crippen LogP contribution in [0.2, 0.25) is 0 Å². The Hall–Kier alpha value is -3.74. The minimum absolute atomic E-state index is 0.0564. The molecule has 0 atom stereocenters. The highest BCUT2D eigenvalue weighted by Gasteiger charge is 2.28. The zero-order valence-corrected chi connectivity index (χ0v) is 19.8. The number of nitriles is 1. The van der Waals surface area contributed by atoms with Gasteiger partial charge in [0.15, 0.2) is 17.3 Å². The minimum Gasteiger partial charge on any atom is -0.488 e. The molecule has 0 radical (unpaired) electrons. The number of carbonyl (C=O) groups excluding carboxylic acids is 2. The van der Waals surface area contributed by atoms with E-state index in [0.29, 0.717) is 25.9 Å². The van der Waals surface area contributed by atoms with Gasteiger partial charge >= 0.3 is 12.1 Å². The molecule has 1 aromatic heterocycles. The van der Waals surface area contributed by atoms with Gasteiger partial charge in [0.25, 0.3) is 0 Å². The van der Waals surface area contributed by atoms with Crippen LogP contribution in [0.15, 0.2) is 24.4 Å². The fourth-order valence-corrected chi connectivity index (χ4v) is 3.74. The third-order valence-corrected chi connectivity index (χ3v) is 5.48. The van der Waals surface area contributed by atoms with Gasteiger partial charge in [0.2, 0.25) is 0 Å². The molecule has 0 spiro atoms. The number of halogens is 1. The maximum atomic E-state index is 14.8. The molecule has 0 unspecified atom stereocenters. The highest BCUT2D eigenvalue weighted by molar-refractivity contribution is 5.96. The number of piperidine rings is 1. The zero-order chi connectivity index (χ0) is 25.0. The fourth-order valence-electron chi connectivity index (χ4n) is 3.74. The van der Waals surface area contributed by atoms with Crippen LogP contribution in [0, 0.1) is 23.1 Å². The Kier molecular flexibility index (Phi) is 7.35. The maximum absolute atomic E-state index is 14.8. The minimum atomic E-state index is -0.760. The van der Waals surface area contributed by atoms with Crippen molar-refractivity contribution in [2.45, 2.75) is 39.2 Å². The third-order valence-electron chi connectivity index (χ3n) is 5.48. The van der Waals surface area contributed by atoms with Gasteiger partial charge < -0.3 is 29.4 Å². The van der Waals surface area contributed by atoms with E-state index in [2.05, 4.69) is 0 Å². The second-order valence-corrected chi connectivity index (χ2v) is 9.09. The summed E-state index contributed by atoms with van der Waals surface area (Å²) in [7, 11) is 1.19. The van der Waals surface area contributed by atoms with Crippen LogP contribution in [0.25, 0.3) is 5.69 Å². The first-order valence-corrected chi connectivity index (χ1v) is 10.9. The normalized spacial score (nSPS) is 14.4. The standard InChI is InChI=1S/C24H29FN4O5/c1-24(2,3)34-23(31)28-10-8-15(9-11-28)14-33-21-17(25)6-5-7-18(21)29-13-16(12-26)19(27)20(29)22(30)32-4/h5-7,13,15H,8-11,14,27H2,1-4H3. The lowest BCUT2D eigenvalue weighted by atomic mass is 9.98. The molecule has 0 aliphatic carbocycles. The lowest BCUT2D eigenvalue weighted by Crippen LogP contribution is -2.42. The van der Waals surface area contributed by atoms with Crippen molar-refractivity contribution in [2.75, 3.05) is 32.5 Å². The van der Waals surface area contributed by atoms with Crippen LogP contribution in [-0.4, -0.2) is 53.9 Å². The molecule has 9 nitrogen and oxygen atoms in total. The number of anilines is 1. The van der Waals surface area contributed by atoms with Crippen LogP contribution in [0.1, 0.15) is 49.7 Å². The number of amides is 1. The number of carbonyl (C=O) groups is 2. The summed E-state index contributed by atoms with van der Waals surface area (Å²) in [5.41, 5.74) is 5.54. The van der Waals surface area contributed by atoms with Crippen LogP contribution in [0.3, 0.4) is 0 Å². The maximum Gasteiger partial charge on any atom is 0.410 e. The summed E-state index contributed by atoms with van der Waals surface area (Å²) < 4.78 is 32.2. The molecule has 0 saturated carbocycles. The summed E-state index contributed by atoms with van der Waals surface area (Å²) in [6, 6.07) is 6.21. The van der Waals surface area contributed by atoms with Crippen LogP contribution >= 0.6 is 0 Å². The number of nitrogens with two attached hydrogens (primary N) is 1. The van der Waals surface area contributed by atoms with Crippen LogP contribution in [0.5, 0.6) is 5.75 Å². The van der Waals surface area contributed by atoms with E-state index < -0.39 is 17.4 Å². The van der Waals surface area contributed by atoms with Gasteiger partial charge in [-0.2, -0.15) is 5.26 Å². The second kappa shape index (κ2) is 10.0. The molecule has 3 rings (SSSR count). The third kappa shape index (κ3) is 5.42. The summed E-state index contributed by atoms with van der Waals surface area (Å²) in [6.07, 6.45) is 2.34. The first kappa shape index (κ1) is 24.9. The molecule has 2 heterocycles. The van der Waals surface area contributed by atoms with Gasteiger partial charge in [-0.05, 0) is 51.7 Å². The van der Waals surface area contributed by atoms with E-state index in [1.54, 1.807) is 11.0 Å². The molecule has 34 heavy (non-hydrogen) atoms. The van der Waals surface area contributed by atoms with E-state index >= 15 is 0 Å². The number of methoxy groups -OCH3 is 1. The van der Waals surface area contributed by atoms with E-state index in [1.165, 1.54) is 30.0 Å². The number of benzene rings is 1. The molecule has 10 heteroatoms. The lowest BCUT2D eigenvalue weighted by molar-refractivity contribution is 0.0164. The number of hydrogen-bond donors (Lipinski definition) is 1. The summed E-state index contributed by atoms with van der Waals surface area (Å²) in [5.74, 6) is -1.36. The van der Waals surface area contributed by atoms with E-state index in [-0.39, 0.29) is 47.0 Å². The summed E-state index contributed by atoms with van der Waals surface area (Å²) in [6.45, 7) is 6.70. The number of nitrogen functional groups attached to an aromatic ring is 1. The molecular formula is C24H29FN4O5. The van der Waals surface area contributed by atoms with Crippen molar-refractivity contribution in [1.82, 2.24) is 9.47 Å². The molecule has 2 aromatic rings. The molecule has 1 aliphatic rings. The molecule has 0 bridgehead atoms. The van der Waals surface area contributed by atoms with E-state index in [9.17, 15) is 19.2 Å². The summed E-state index contributed by atoms with van der Waals surface area (Å²) in [4.78, 5) is 26.2. The Morgan fingerprint density at radius 1 is 1.26 bits per heavy atom. The quantitative estimate of drug-likeness (QED) is 0.656. The van der Waals surface area contributed by atoms with Crippen molar-refractivity contribution in [3.05, 3.63) is 41.5 Å². The van der Waals surface area contributed by atoms with Crippen molar-refractivity contribution < 1.29 is 28.2 Å². The number of para-hydroxylation sites is 1. The zero-order valence-electron chi connectivity index (χ0n) is 19.8. The Bertz CT molecular complexity index is 1110. The number of esters is 1. The predicted molar refractivity (Wildman–Crippen MR) is 122 cm³/mol. The van der Waals surface area contributed by atoms with Gasteiger partial charge in [-0.3, -0.25) is 0 Å². The molecule has 2 N–H and O–H groups in total. The SMILES string of the molecule is COC(=O)c1c(N)c(C#N)cn1-c1cccc(F)c1OCC1CCN(C(=O)OC(C)(C)C)CC1.